The normalized spacial score (nSPS) is 17.1. The fraction of sp³-hybridized carbons (Fsp3) is 0.500. The van der Waals surface area contributed by atoms with Gasteiger partial charge in [0.15, 0.2) is 0 Å². The molecule has 0 aliphatic carbocycles. The van der Waals surface area contributed by atoms with Gasteiger partial charge in [-0.1, -0.05) is 23.2 Å². The summed E-state index contributed by atoms with van der Waals surface area (Å²) in [6.07, 6.45) is 1.35. The van der Waals surface area contributed by atoms with Crippen molar-refractivity contribution in [2.24, 2.45) is 5.92 Å². The van der Waals surface area contributed by atoms with E-state index in [-0.39, 0.29) is 5.92 Å². The Balaban J connectivity index is 2.01. The molecule has 1 aliphatic heterocycles. The maximum absolute atomic E-state index is 10.9. The van der Waals surface area contributed by atoms with Crippen molar-refractivity contribution >= 4 is 29.2 Å². The lowest BCUT2D eigenvalue weighted by atomic mass is 9.97. The number of carboxylic acid groups (broad SMARTS) is 1. The molecule has 4 nitrogen and oxygen atoms in total. The molecule has 0 atom stereocenters. The van der Waals surface area contributed by atoms with Gasteiger partial charge in [-0.05, 0) is 37.6 Å². The first-order valence-corrected chi connectivity index (χ1v) is 7.24. The summed E-state index contributed by atoms with van der Waals surface area (Å²) in [5.41, 5.74) is 0.936. The predicted octanol–water partition coefficient (Wildman–Crippen LogP) is 3.30. The number of piperidine rings is 1. The molecule has 6 heteroatoms. The summed E-state index contributed by atoms with van der Waals surface area (Å²) in [6, 6.07) is 3.52. The largest absolute Gasteiger partial charge is 0.495 e. The third kappa shape index (κ3) is 3.57. The minimum atomic E-state index is -0.699. The molecule has 1 N–H and O–H groups in total. The molecule has 1 heterocycles. The topological polar surface area (TPSA) is 49.8 Å². The predicted molar refractivity (Wildman–Crippen MR) is 78.7 cm³/mol. The SMILES string of the molecule is COc1cc(Cl)c(CN2CCC(C(=O)O)CC2)cc1Cl. The van der Waals surface area contributed by atoms with Gasteiger partial charge in [-0.15, -0.1) is 0 Å². The molecule has 1 aliphatic rings. The van der Waals surface area contributed by atoms with Crippen LogP contribution >= 0.6 is 23.2 Å². The van der Waals surface area contributed by atoms with Crippen molar-refractivity contribution in [3.05, 3.63) is 27.7 Å². The Morgan fingerprint density at radius 1 is 1.35 bits per heavy atom. The Morgan fingerprint density at radius 3 is 2.55 bits per heavy atom. The van der Waals surface area contributed by atoms with Crippen molar-refractivity contribution in [3.8, 4) is 5.75 Å². The Kier molecular flexibility index (Phi) is 5.13. The molecule has 0 unspecified atom stereocenters. The minimum absolute atomic E-state index is 0.221. The van der Waals surface area contributed by atoms with Crippen LogP contribution in [0.2, 0.25) is 10.0 Å². The third-order valence-corrected chi connectivity index (χ3v) is 4.30. The van der Waals surface area contributed by atoms with E-state index in [2.05, 4.69) is 4.90 Å². The van der Waals surface area contributed by atoms with Crippen LogP contribution in [0.4, 0.5) is 0 Å². The van der Waals surface area contributed by atoms with Gasteiger partial charge >= 0.3 is 5.97 Å². The van der Waals surface area contributed by atoms with Gasteiger partial charge in [0.05, 0.1) is 18.1 Å². The van der Waals surface area contributed by atoms with E-state index in [1.54, 1.807) is 13.2 Å². The smallest absolute Gasteiger partial charge is 0.306 e. The fourth-order valence-electron chi connectivity index (χ4n) is 2.43. The van der Waals surface area contributed by atoms with E-state index in [9.17, 15) is 4.79 Å². The van der Waals surface area contributed by atoms with Crippen molar-refractivity contribution in [3.63, 3.8) is 0 Å². The molecule has 1 aromatic rings. The van der Waals surface area contributed by atoms with Crippen LogP contribution in [0.15, 0.2) is 12.1 Å². The van der Waals surface area contributed by atoms with E-state index in [0.29, 0.717) is 35.2 Å². The minimum Gasteiger partial charge on any atom is -0.495 e. The van der Waals surface area contributed by atoms with Gasteiger partial charge < -0.3 is 9.84 Å². The summed E-state index contributed by atoms with van der Waals surface area (Å²) in [7, 11) is 1.55. The van der Waals surface area contributed by atoms with Crippen molar-refractivity contribution in [1.29, 1.82) is 0 Å². The monoisotopic (exact) mass is 317 g/mol. The maximum Gasteiger partial charge on any atom is 0.306 e. The molecule has 0 radical (unpaired) electrons. The van der Waals surface area contributed by atoms with Crippen molar-refractivity contribution < 1.29 is 14.6 Å². The highest BCUT2D eigenvalue weighted by Crippen LogP contribution is 2.32. The van der Waals surface area contributed by atoms with Crippen LogP contribution in [0, 0.1) is 5.92 Å². The van der Waals surface area contributed by atoms with E-state index >= 15 is 0 Å². The number of halogens is 2. The highest BCUT2D eigenvalue weighted by molar-refractivity contribution is 6.34. The number of aliphatic carboxylic acids is 1. The first-order chi connectivity index (χ1) is 9.51. The molecule has 1 fully saturated rings. The second-order valence-corrected chi connectivity index (χ2v) is 5.78. The van der Waals surface area contributed by atoms with Gasteiger partial charge in [-0.25, -0.2) is 0 Å². The van der Waals surface area contributed by atoms with E-state index in [4.69, 9.17) is 33.0 Å². The van der Waals surface area contributed by atoms with Gasteiger partial charge in [0, 0.05) is 17.6 Å². The van der Waals surface area contributed by atoms with E-state index < -0.39 is 5.97 Å². The Bertz CT molecular complexity index is 499. The lowest BCUT2D eigenvalue weighted by molar-refractivity contribution is -0.143. The number of carbonyl (C=O) groups is 1. The lowest BCUT2D eigenvalue weighted by Crippen LogP contribution is -2.35. The number of ether oxygens (including phenoxy) is 1. The second-order valence-electron chi connectivity index (χ2n) is 4.97. The summed E-state index contributed by atoms with van der Waals surface area (Å²) in [4.78, 5) is 13.1. The Morgan fingerprint density at radius 2 is 2.00 bits per heavy atom. The Hall–Kier alpha value is -0.970. The molecule has 1 saturated heterocycles. The van der Waals surface area contributed by atoms with Crippen molar-refractivity contribution in [2.75, 3.05) is 20.2 Å². The molecule has 0 saturated carbocycles. The second kappa shape index (κ2) is 6.66. The number of carboxylic acids is 1. The molecule has 0 bridgehead atoms. The van der Waals surface area contributed by atoms with E-state index in [0.717, 1.165) is 18.7 Å². The molecule has 0 amide bonds. The number of likely N-dealkylation sites (tertiary alicyclic amines) is 1. The molecule has 20 heavy (non-hydrogen) atoms. The molecular formula is C14H17Cl2NO3. The third-order valence-electron chi connectivity index (χ3n) is 3.65. The molecule has 0 spiro atoms. The highest BCUT2D eigenvalue weighted by atomic mass is 35.5. The summed E-state index contributed by atoms with van der Waals surface area (Å²) in [5.74, 6) is -0.360. The number of hydrogen-bond acceptors (Lipinski definition) is 3. The van der Waals surface area contributed by atoms with E-state index in [1.807, 2.05) is 6.07 Å². The zero-order valence-electron chi connectivity index (χ0n) is 11.2. The number of benzene rings is 1. The molecule has 2 rings (SSSR count). The van der Waals surface area contributed by atoms with E-state index in [1.165, 1.54) is 0 Å². The highest BCUT2D eigenvalue weighted by Gasteiger charge is 2.24. The maximum atomic E-state index is 10.9. The molecule has 0 aromatic heterocycles. The fourth-order valence-corrected chi connectivity index (χ4v) is 2.90. The molecule has 110 valence electrons. The number of hydrogen-bond donors (Lipinski definition) is 1. The van der Waals surface area contributed by atoms with Gasteiger partial charge in [0.25, 0.3) is 0 Å². The summed E-state index contributed by atoms with van der Waals surface area (Å²) in [6.45, 7) is 2.20. The van der Waals surface area contributed by atoms with Crippen LogP contribution < -0.4 is 4.74 Å². The quantitative estimate of drug-likeness (QED) is 0.925. The first-order valence-electron chi connectivity index (χ1n) is 6.48. The summed E-state index contributed by atoms with van der Waals surface area (Å²) >= 11 is 12.3. The number of nitrogens with zero attached hydrogens (tertiary/aromatic N) is 1. The lowest BCUT2D eigenvalue weighted by Gasteiger charge is -2.30. The number of rotatable bonds is 4. The zero-order valence-corrected chi connectivity index (χ0v) is 12.7. The van der Waals surface area contributed by atoms with Gasteiger partial charge in [0.2, 0.25) is 0 Å². The first kappa shape index (κ1) is 15.4. The van der Waals surface area contributed by atoms with Crippen LogP contribution in [0.25, 0.3) is 0 Å². The average Bonchev–Trinajstić information content (AvgIpc) is 2.43. The van der Waals surface area contributed by atoms with Gasteiger partial charge in [0.1, 0.15) is 5.75 Å². The standard InChI is InChI=1S/C14H17Cl2NO3/c1-20-13-7-11(15)10(6-12(13)16)8-17-4-2-9(3-5-17)14(18)19/h6-7,9H,2-5,8H2,1H3,(H,18,19). The van der Waals surface area contributed by atoms with Crippen LogP contribution in [0.1, 0.15) is 18.4 Å². The Labute approximate surface area is 128 Å². The van der Waals surface area contributed by atoms with Crippen LogP contribution in [0.3, 0.4) is 0 Å². The molecule has 1 aromatic carbocycles. The molecular weight excluding hydrogens is 301 g/mol. The summed E-state index contributed by atoms with van der Waals surface area (Å²) in [5, 5.41) is 10.1. The van der Waals surface area contributed by atoms with Crippen molar-refractivity contribution in [1.82, 2.24) is 4.90 Å². The van der Waals surface area contributed by atoms with Crippen LogP contribution in [-0.4, -0.2) is 36.2 Å². The number of methoxy groups -OCH3 is 1. The average molecular weight is 318 g/mol. The van der Waals surface area contributed by atoms with Crippen LogP contribution in [-0.2, 0) is 11.3 Å². The van der Waals surface area contributed by atoms with Crippen LogP contribution in [0.5, 0.6) is 5.75 Å². The van der Waals surface area contributed by atoms with Crippen molar-refractivity contribution in [2.45, 2.75) is 19.4 Å². The summed E-state index contributed by atoms with van der Waals surface area (Å²) < 4.78 is 5.12. The zero-order chi connectivity index (χ0) is 14.7. The van der Waals surface area contributed by atoms with Gasteiger partial charge in [-0.2, -0.15) is 0 Å². The van der Waals surface area contributed by atoms with Gasteiger partial charge in [-0.3, -0.25) is 9.69 Å².